The molecule has 15 heavy (non-hydrogen) atoms. The first-order valence-electron chi connectivity index (χ1n) is 4.85. The maximum absolute atomic E-state index is 11.3. The van der Waals surface area contributed by atoms with E-state index >= 15 is 0 Å². The van der Waals surface area contributed by atoms with Gasteiger partial charge in [0.1, 0.15) is 0 Å². The molecule has 1 heterocycles. The molecule has 0 saturated carbocycles. The summed E-state index contributed by atoms with van der Waals surface area (Å²) >= 11 is 3.86. The van der Waals surface area contributed by atoms with E-state index in [2.05, 4.69) is 12.6 Å². The van der Waals surface area contributed by atoms with Crippen molar-refractivity contribution in [2.24, 2.45) is 0 Å². The lowest BCUT2D eigenvalue weighted by Gasteiger charge is -2.19. The number of carbonyl (C=O) groups excluding carboxylic acids is 1. The molecule has 1 saturated heterocycles. The molecule has 0 aliphatic carbocycles. The largest absolute Gasteiger partial charge is 0.371 e. The van der Waals surface area contributed by atoms with Gasteiger partial charge in [0.05, 0.1) is 19.3 Å². The van der Waals surface area contributed by atoms with E-state index in [1.165, 1.54) is 5.56 Å². The molecule has 0 radical (unpaired) electrons. The summed E-state index contributed by atoms with van der Waals surface area (Å²) in [7, 11) is 0. The molecule has 1 aromatic rings. The Balaban J connectivity index is 2.15. The van der Waals surface area contributed by atoms with Crippen LogP contribution in [0.5, 0.6) is 0 Å². The van der Waals surface area contributed by atoms with Gasteiger partial charge in [0, 0.05) is 5.69 Å². The maximum Gasteiger partial charge on any atom is 0.283 e. The molecule has 1 fully saturated rings. The van der Waals surface area contributed by atoms with Gasteiger partial charge in [-0.15, -0.1) is 0 Å². The first-order valence-corrected chi connectivity index (χ1v) is 5.30. The minimum atomic E-state index is -0.241. The van der Waals surface area contributed by atoms with Crippen molar-refractivity contribution in [2.45, 2.75) is 13.0 Å². The highest BCUT2D eigenvalue weighted by Crippen LogP contribution is 2.20. The average molecular weight is 223 g/mol. The van der Waals surface area contributed by atoms with Crippen molar-refractivity contribution >= 4 is 23.6 Å². The van der Waals surface area contributed by atoms with E-state index in [9.17, 15) is 4.79 Å². The summed E-state index contributed by atoms with van der Waals surface area (Å²) in [6.07, 6.45) is 0.183. The highest BCUT2D eigenvalue weighted by atomic mass is 32.1. The zero-order valence-electron chi connectivity index (χ0n) is 8.51. The molecule has 80 valence electrons. The van der Waals surface area contributed by atoms with Gasteiger partial charge in [-0.1, -0.05) is 30.3 Å². The number of aryl methyl sites for hydroxylation is 1. The van der Waals surface area contributed by atoms with Gasteiger partial charge in [-0.3, -0.25) is 4.79 Å². The summed E-state index contributed by atoms with van der Waals surface area (Å²) in [5.41, 5.74) is 2.05. The normalized spacial score (nSPS) is 18.7. The van der Waals surface area contributed by atoms with Crippen molar-refractivity contribution in [3.63, 3.8) is 0 Å². The van der Waals surface area contributed by atoms with Crippen molar-refractivity contribution in [3.8, 4) is 0 Å². The van der Waals surface area contributed by atoms with Crippen LogP contribution in [0.25, 0.3) is 0 Å². The van der Waals surface area contributed by atoms with Crippen LogP contribution in [0.4, 0.5) is 10.5 Å². The third-order valence-corrected chi connectivity index (χ3v) is 2.61. The van der Waals surface area contributed by atoms with E-state index in [0.717, 1.165) is 12.3 Å². The molecule has 0 N–H and O–H groups in total. The molecule has 4 heteroatoms. The topological polar surface area (TPSA) is 32.8 Å². The van der Waals surface area contributed by atoms with Gasteiger partial charge in [0.15, 0.2) is 0 Å². The highest BCUT2D eigenvalue weighted by Gasteiger charge is 2.27. The molecule has 0 spiro atoms. The van der Waals surface area contributed by atoms with E-state index in [1.54, 1.807) is 4.90 Å². The molecule has 3 nitrogen and oxygen atoms in total. The Hall–Kier alpha value is -1.00. The Labute approximate surface area is 94.4 Å². The highest BCUT2D eigenvalue weighted by molar-refractivity contribution is 7.96. The predicted molar refractivity (Wildman–Crippen MR) is 62.6 cm³/mol. The van der Waals surface area contributed by atoms with E-state index in [0.29, 0.717) is 6.54 Å². The fourth-order valence-electron chi connectivity index (χ4n) is 1.40. The third kappa shape index (κ3) is 2.73. The molecule has 1 amide bonds. The lowest BCUT2D eigenvalue weighted by atomic mass is 10.2. The van der Waals surface area contributed by atoms with Crippen LogP contribution in [-0.4, -0.2) is 24.5 Å². The summed E-state index contributed by atoms with van der Waals surface area (Å²) in [6, 6.07) is 7.80. The minimum Gasteiger partial charge on any atom is -0.371 e. The third-order valence-electron chi connectivity index (χ3n) is 2.37. The predicted octanol–water partition coefficient (Wildman–Crippen LogP) is 2.25. The lowest BCUT2D eigenvalue weighted by molar-refractivity contribution is 0.264. The molecular weight excluding hydrogens is 210 g/mol. The van der Waals surface area contributed by atoms with E-state index in [1.807, 2.05) is 31.2 Å². The van der Waals surface area contributed by atoms with E-state index < -0.39 is 0 Å². The monoisotopic (exact) mass is 223 g/mol. The molecule has 1 aromatic carbocycles. The first kappa shape index (κ1) is 10.5. The first-order chi connectivity index (χ1) is 7.16. The standard InChI is InChI=1S/C11H13NO2S/c1-8-2-4-9(5-3-8)12(11(13)15)6-10-7-14-10/h2-5,10H,6-7H2,1H3,(H,13,15)/t10-/m0/s1. The Morgan fingerprint density at radius 3 is 2.60 bits per heavy atom. The summed E-state index contributed by atoms with van der Waals surface area (Å²) in [5, 5.41) is -0.241. The number of ether oxygens (including phenoxy) is 1. The Morgan fingerprint density at radius 2 is 2.13 bits per heavy atom. The zero-order valence-corrected chi connectivity index (χ0v) is 9.41. The Kier molecular flexibility index (Phi) is 2.98. The van der Waals surface area contributed by atoms with Crippen LogP contribution >= 0.6 is 12.6 Å². The van der Waals surface area contributed by atoms with Crippen LogP contribution in [-0.2, 0) is 4.74 Å². The molecule has 1 aliphatic rings. The smallest absolute Gasteiger partial charge is 0.283 e. The number of hydrogen-bond acceptors (Lipinski definition) is 2. The number of epoxide rings is 1. The second-order valence-electron chi connectivity index (χ2n) is 3.68. The molecule has 0 bridgehead atoms. The van der Waals surface area contributed by atoms with Crippen molar-refractivity contribution < 1.29 is 9.53 Å². The average Bonchev–Trinajstić information content (AvgIpc) is 2.99. The van der Waals surface area contributed by atoms with Crippen LogP contribution < -0.4 is 4.90 Å². The van der Waals surface area contributed by atoms with Crippen LogP contribution in [0.15, 0.2) is 24.3 Å². The van der Waals surface area contributed by atoms with Crippen LogP contribution in [0.1, 0.15) is 5.56 Å². The summed E-state index contributed by atoms with van der Waals surface area (Å²) in [6.45, 7) is 3.34. The minimum absolute atomic E-state index is 0.183. The quantitative estimate of drug-likeness (QED) is 0.629. The zero-order chi connectivity index (χ0) is 10.8. The Morgan fingerprint density at radius 1 is 1.53 bits per heavy atom. The second-order valence-corrected chi connectivity index (χ2v) is 4.07. The van der Waals surface area contributed by atoms with Crippen molar-refractivity contribution in [2.75, 3.05) is 18.1 Å². The fraction of sp³-hybridized carbons (Fsp3) is 0.364. The van der Waals surface area contributed by atoms with Gasteiger partial charge in [-0.2, -0.15) is 0 Å². The molecule has 2 rings (SSSR count). The van der Waals surface area contributed by atoms with Gasteiger partial charge < -0.3 is 9.64 Å². The summed E-state index contributed by atoms with van der Waals surface area (Å²) in [5.74, 6) is 0. The van der Waals surface area contributed by atoms with Gasteiger partial charge in [-0.25, -0.2) is 0 Å². The number of amides is 1. The van der Waals surface area contributed by atoms with Gasteiger partial charge in [0.25, 0.3) is 5.24 Å². The van der Waals surface area contributed by atoms with Crippen LogP contribution in [0, 0.1) is 6.92 Å². The van der Waals surface area contributed by atoms with Crippen molar-refractivity contribution in [1.82, 2.24) is 0 Å². The lowest BCUT2D eigenvalue weighted by Crippen LogP contribution is -2.30. The SMILES string of the molecule is Cc1ccc(N(C[C@H]2CO2)C(=O)S)cc1. The van der Waals surface area contributed by atoms with E-state index in [-0.39, 0.29) is 11.3 Å². The Bertz CT molecular complexity index is 359. The number of anilines is 1. The van der Waals surface area contributed by atoms with Crippen LogP contribution in [0.2, 0.25) is 0 Å². The molecule has 0 aromatic heterocycles. The molecular formula is C11H13NO2S. The molecule has 0 unspecified atom stereocenters. The van der Waals surface area contributed by atoms with Gasteiger partial charge in [-0.05, 0) is 19.1 Å². The van der Waals surface area contributed by atoms with Gasteiger partial charge in [0.2, 0.25) is 0 Å². The van der Waals surface area contributed by atoms with Crippen molar-refractivity contribution in [3.05, 3.63) is 29.8 Å². The summed E-state index contributed by atoms with van der Waals surface area (Å²) in [4.78, 5) is 13.0. The van der Waals surface area contributed by atoms with E-state index in [4.69, 9.17) is 4.74 Å². The number of thiol groups is 1. The van der Waals surface area contributed by atoms with Crippen molar-refractivity contribution in [1.29, 1.82) is 0 Å². The van der Waals surface area contributed by atoms with Crippen LogP contribution in [0.3, 0.4) is 0 Å². The number of carbonyl (C=O) groups is 1. The number of hydrogen-bond donors (Lipinski definition) is 1. The number of nitrogens with zero attached hydrogens (tertiary/aromatic N) is 1. The molecule has 1 aliphatic heterocycles. The second kappa shape index (κ2) is 4.24. The fourth-order valence-corrected chi connectivity index (χ4v) is 1.59. The number of benzene rings is 1. The van der Waals surface area contributed by atoms with Gasteiger partial charge >= 0.3 is 0 Å². The number of rotatable bonds is 3. The molecule has 1 atom stereocenters. The summed E-state index contributed by atoms with van der Waals surface area (Å²) < 4.78 is 5.11. The maximum atomic E-state index is 11.3.